The number of para-hydroxylation sites is 4. The van der Waals surface area contributed by atoms with Crippen LogP contribution in [-0.2, 0) is 24.8 Å². The Morgan fingerprint density at radius 3 is 1.79 bits per heavy atom. The van der Waals surface area contributed by atoms with Crippen LogP contribution in [0, 0.1) is 15.1 Å². The minimum atomic E-state index is -0.0929. The average Bonchev–Trinajstić information content (AvgIpc) is 4.13. The predicted molar refractivity (Wildman–Crippen MR) is 293 cm³/mol. The van der Waals surface area contributed by atoms with Crippen molar-refractivity contribution in [3.05, 3.63) is 227 Å². The van der Waals surface area contributed by atoms with Crippen LogP contribution in [0.2, 0.25) is 0 Å². The minimum absolute atomic E-state index is 0.0929. The van der Waals surface area contributed by atoms with Gasteiger partial charge in [-0.25, -0.2) is 0 Å². The molecule has 0 aliphatic carbocycles. The molecule has 0 N–H and O–H groups in total. The molecule has 0 atom stereocenters. The number of nitriles is 1. The number of hydrogen-bond acceptors (Lipinski definition) is 3. The van der Waals surface area contributed by atoms with E-state index in [9.17, 15) is 5.26 Å². The Labute approximate surface area is 431 Å². The van der Waals surface area contributed by atoms with Gasteiger partial charge in [0.15, 0.2) is 0 Å². The smallest absolute Gasteiger partial charge is 0.0621 e. The summed E-state index contributed by atoms with van der Waals surface area (Å²) in [5.74, 6) is 2.26. The van der Waals surface area contributed by atoms with E-state index in [0.29, 0.717) is 11.3 Å². The van der Waals surface area contributed by atoms with Crippen LogP contribution in [0.5, 0.6) is 11.5 Å². The van der Waals surface area contributed by atoms with Crippen molar-refractivity contribution in [2.24, 2.45) is 0 Å². The van der Waals surface area contributed by atoms with E-state index in [0.717, 1.165) is 120 Å². The summed E-state index contributed by atoms with van der Waals surface area (Å²) >= 11 is 2.50. The number of pyridine rings is 1. The molecule has 14 aromatic rings. The van der Waals surface area contributed by atoms with Crippen molar-refractivity contribution in [3.8, 4) is 57.0 Å². The van der Waals surface area contributed by atoms with E-state index in [4.69, 9.17) is 9.72 Å². The zero-order valence-corrected chi connectivity index (χ0v) is 42.4. The van der Waals surface area contributed by atoms with E-state index in [1.807, 2.05) is 24.4 Å². The first-order valence-electron chi connectivity index (χ1n) is 24.5. The maximum atomic E-state index is 10.2. The van der Waals surface area contributed by atoms with E-state index >= 15 is 0 Å². The molecule has 8 heteroatoms. The van der Waals surface area contributed by atoms with Crippen molar-refractivity contribution >= 4 is 70.9 Å². The van der Waals surface area contributed by atoms with Crippen LogP contribution in [-0.4, -0.2) is 23.1 Å². The summed E-state index contributed by atoms with van der Waals surface area (Å²) in [6, 6.07) is 75.4. The number of rotatable bonds is 7. The van der Waals surface area contributed by atoms with Gasteiger partial charge in [0.2, 0.25) is 0 Å². The Bertz CT molecular complexity index is 4600. The third kappa shape index (κ3) is 6.68. The van der Waals surface area contributed by atoms with Gasteiger partial charge in [-0.1, -0.05) is 39.0 Å². The molecule has 0 spiro atoms. The number of hydrogen-bond donors (Lipinski definition) is 0. The predicted octanol–water partition coefficient (Wildman–Crippen LogP) is 16.4. The molecule has 73 heavy (non-hydrogen) atoms. The monoisotopic (exact) mass is 1120 g/mol. The molecule has 0 amide bonds. The van der Waals surface area contributed by atoms with E-state index in [2.05, 4.69) is 252 Å². The van der Waals surface area contributed by atoms with Crippen LogP contribution in [0.4, 0.5) is 0 Å². The summed E-state index contributed by atoms with van der Waals surface area (Å²) in [7, 11) is 0. The second-order valence-electron chi connectivity index (χ2n) is 19.9. The molecule has 0 unspecified atom stereocenters. The summed E-state index contributed by atoms with van der Waals surface area (Å²) in [5, 5.41) is 16.8. The van der Waals surface area contributed by atoms with Crippen LogP contribution in [0.1, 0.15) is 31.9 Å². The molecule has 0 saturated heterocycles. The molecular formula is C65H44N6OPt. The van der Waals surface area contributed by atoms with Crippen molar-refractivity contribution in [1.82, 2.24) is 23.1 Å². The Balaban J connectivity index is 0.942. The molecule has 0 saturated carbocycles. The summed E-state index contributed by atoms with van der Waals surface area (Å²) in [5.41, 5.74) is 16.0. The normalized spacial score (nSPS) is 12.1. The first-order valence-corrected chi connectivity index (χ1v) is 25.6. The van der Waals surface area contributed by atoms with E-state index in [1.54, 1.807) is 0 Å². The van der Waals surface area contributed by atoms with Gasteiger partial charge in [-0.2, -0.15) is 5.26 Å². The Morgan fingerprint density at radius 2 is 1.08 bits per heavy atom. The SMILES string of the molecule is CC(C)(C)c1ccnc(-n2c3cc(Oc4cccc(-n5[c](=[Pt])n(-c6c(-c7ccccc7)cccc6-c6ccccc6)c6ccccc65)c4)ccc3c3cc4c5cc(C#N)cc6c7ccccc7n(c4cc32)c65)c1. The zero-order valence-electron chi connectivity index (χ0n) is 40.1. The minimum Gasteiger partial charge on any atom is 0.0621 e. The molecule has 350 valence electrons. The van der Waals surface area contributed by atoms with Gasteiger partial charge in [0.25, 0.3) is 0 Å². The Kier molecular flexibility index (Phi) is 9.64. The van der Waals surface area contributed by atoms with E-state index in [-0.39, 0.29) is 5.41 Å². The van der Waals surface area contributed by atoms with E-state index in [1.165, 1.54) is 5.56 Å². The fraction of sp³-hybridized carbons (Fsp3) is 0.0615. The second-order valence-corrected chi connectivity index (χ2v) is 20.9. The molecule has 7 nitrogen and oxygen atoms in total. The van der Waals surface area contributed by atoms with Crippen LogP contribution in [0.15, 0.2) is 212 Å². The van der Waals surface area contributed by atoms with Gasteiger partial charge in [-0.15, -0.1) is 0 Å². The number of benzene rings is 9. The van der Waals surface area contributed by atoms with Crippen molar-refractivity contribution < 1.29 is 24.1 Å². The van der Waals surface area contributed by atoms with Gasteiger partial charge in [-0.05, 0) is 35.2 Å². The average molecular weight is 1120 g/mol. The van der Waals surface area contributed by atoms with Crippen LogP contribution >= 0.6 is 0 Å². The van der Waals surface area contributed by atoms with Gasteiger partial charge in [-0.3, -0.25) is 0 Å². The van der Waals surface area contributed by atoms with Gasteiger partial charge in [0.1, 0.15) is 0 Å². The number of nitrogens with zero attached hydrogens (tertiary/aromatic N) is 6. The van der Waals surface area contributed by atoms with E-state index < -0.39 is 0 Å². The van der Waals surface area contributed by atoms with Crippen molar-refractivity contribution in [1.29, 1.82) is 5.26 Å². The van der Waals surface area contributed by atoms with Gasteiger partial charge < -0.3 is 4.40 Å². The first-order chi connectivity index (χ1) is 35.7. The Morgan fingerprint density at radius 1 is 0.479 bits per heavy atom. The molecule has 5 aromatic heterocycles. The summed E-state index contributed by atoms with van der Waals surface area (Å²) in [6.07, 6.45) is 1.92. The van der Waals surface area contributed by atoms with Gasteiger partial charge >= 0.3 is 294 Å². The van der Waals surface area contributed by atoms with Gasteiger partial charge in [0.05, 0.1) is 28.2 Å². The fourth-order valence-electron chi connectivity index (χ4n) is 11.2. The van der Waals surface area contributed by atoms with Crippen molar-refractivity contribution in [3.63, 3.8) is 0 Å². The molecule has 5 heterocycles. The quantitative estimate of drug-likeness (QED) is 0.160. The Hall–Kier alpha value is -8.82. The van der Waals surface area contributed by atoms with Crippen molar-refractivity contribution in [2.75, 3.05) is 0 Å². The standard InChI is InChI=1S/C65H44N6O.Pt/c1-65(2,3)44-30-31-67-62(34-44)70-59-36-47(28-29-51(59)52-37-53-55-33-41(39-66)32-54-50-22-10-11-25-56(50)71(64(54)55)61(53)38-60(52)70)72-46-21-14-20-45(35-46)68-40-69(58-27-13-12-26-57(58)68)63-48(42-16-6-4-7-17-42)23-15-24-49(63)43-18-8-5-9-19-43;/h4-38H,1-3H3;. The summed E-state index contributed by atoms with van der Waals surface area (Å²) in [6.45, 7) is 6.72. The molecule has 0 radical (unpaired) electrons. The molecule has 14 rings (SSSR count). The number of fused-ring (bicyclic) bond motifs is 10. The van der Waals surface area contributed by atoms with Crippen LogP contribution in [0.3, 0.4) is 0 Å². The summed E-state index contributed by atoms with van der Waals surface area (Å²) in [4.78, 5) is 5.06. The fourth-order valence-corrected chi connectivity index (χ4v) is 12.3. The molecule has 0 aliphatic rings. The molecule has 9 aromatic carbocycles. The maximum absolute atomic E-state index is 10.2. The molecule has 0 bridgehead atoms. The molecular weight excluding hydrogens is 1080 g/mol. The number of ether oxygens (including phenoxy) is 1. The van der Waals surface area contributed by atoms with Crippen LogP contribution < -0.4 is 4.74 Å². The van der Waals surface area contributed by atoms with Crippen molar-refractivity contribution in [2.45, 2.75) is 26.2 Å². The summed E-state index contributed by atoms with van der Waals surface area (Å²) < 4.78 is 17.4. The zero-order chi connectivity index (χ0) is 49.1. The molecule has 0 fully saturated rings. The van der Waals surface area contributed by atoms with Crippen LogP contribution in [0.25, 0.3) is 110 Å². The second kappa shape index (κ2) is 16.4. The number of aromatic nitrogens is 5. The third-order valence-electron chi connectivity index (χ3n) is 14.6. The first kappa shape index (κ1) is 43.0. The molecule has 0 aliphatic heterocycles. The third-order valence-corrected chi connectivity index (χ3v) is 15.6. The van der Waals surface area contributed by atoms with Gasteiger partial charge in [0, 0.05) is 27.7 Å². The number of imidazole rings is 1. The topological polar surface area (TPSA) is 65.1 Å².